The van der Waals surface area contributed by atoms with Crippen molar-refractivity contribution in [3.05, 3.63) is 339 Å². The Morgan fingerprint density at radius 1 is 0.208 bits per heavy atom. The lowest BCUT2D eigenvalue weighted by atomic mass is 10.0. The van der Waals surface area contributed by atoms with E-state index < -0.39 is 0 Å². The van der Waals surface area contributed by atoms with Gasteiger partial charge in [0.25, 0.3) is 0 Å². The van der Waals surface area contributed by atoms with Crippen LogP contribution in [0.3, 0.4) is 0 Å². The highest BCUT2D eigenvalue weighted by Crippen LogP contribution is 2.42. The van der Waals surface area contributed by atoms with Gasteiger partial charge < -0.3 is 18.3 Å². The summed E-state index contributed by atoms with van der Waals surface area (Å²) in [6.45, 7) is 0. The number of nitrogens with zero attached hydrogens (tertiary/aromatic N) is 7. The van der Waals surface area contributed by atoms with Crippen molar-refractivity contribution in [1.82, 2.24) is 28.2 Å². The van der Waals surface area contributed by atoms with E-state index in [4.69, 9.17) is 9.97 Å². The number of para-hydroxylation sites is 6. The summed E-state index contributed by atoms with van der Waals surface area (Å²) in [6.07, 6.45) is 0. The predicted octanol–water partition coefficient (Wildman–Crippen LogP) is 22.7. The first-order valence-corrected chi connectivity index (χ1v) is 32.5. The van der Waals surface area contributed by atoms with E-state index in [9.17, 15) is 5.26 Å². The van der Waals surface area contributed by atoms with Crippen LogP contribution in [0.15, 0.2) is 334 Å². The molecule has 0 saturated carbocycles. The Labute approximate surface area is 552 Å². The van der Waals surface area contributed by atoms with Crippen LogP contribution in [0.1, 0.15) is 5.56 Å². The van der Waals surface area contributed by atoms with Gasteiger partial charge in [0, 0.05) is 82.5 Å². The van der Waals surface area contributed by atoms with E-state index in [1.807, 2.05) is 24.3 Å². The molecule has 0 bridgehead atoms. The number of fused-ring (bicyclic) bond motifs is 12. The zero-order valence-corrected chi connectivity index (χ0v) is 51.9. The maximum absolute atomic E-state index is 9.73. The molecular formula is C89H55N7. The highest BCUT2D eigenvalue weighted by molar-refractivity contribution is 6.15. The molecule has 7 heteroatoms. The molecule has 0 aliphatic rings. The second-order valence-corrected chi connectivity index (χ2v) is 24.8. The highest BCUT2D eigenvalue weighted by Gasteiger charge is 2.21. The van der Waals surface area contributed by atoms with Crippen LogP contribution in [0.2, 0.25) is 0 Å². The van der Waals surface area contributed by atoms with Crippen molar-refractivity contribution in [2.75, 3.05) is 0 Å². The number of nitriles is 1. The van der Waals surface area contributed by atoms with Crippen molar-refractivity contribution in [3.63, 3.8) is 0 Å². The van der Waals surface area contributed by atoms with Gasteiger partial charge in [-0.3, -0.25) is 0 Å². The van der Waals surface area contributed by atoms with Crippen LogP contribution in [-0.2, 0) is 0 Å². The molecule has 0 amide bonds. The zero-order valence-electron chi connectivity index (χ0n) is 51.9. The molecule has 0 atom stereocenters. The summed E-state index contributed by atoms with van der Waals surface area (Å²) in [5.74, 6) is 0.612. The van der Waals surface area contributed by atoms with Gasteiger partial charge in [-0.05, 0) is 173 Å². The van der Waals surface area contributed by atoms with Crippen LogP contribution in [-0.4, -0.2) is 28.2 Å². The van der Waals surface area contributed by atoms with E-state index in [-0.39, 0.29) is 0 Å². The maximum atomic E-state index is 9.73. The van der Waals surface area contributed by atoms with E-state index in [1.165, 1.54) is 81.8 Å². The van der Waals surface area contributed by atoms with Gasteiger partial charge in [-0.2, -0.15) is 5.26 Å². The van der Waals surface area contributed by atoms with Crippen molar-refractivity contribution in [2.24, 2.45) is 0 Å². The molecule has 0 N–H and O–H groups in total. The minimum atomic E-state index is 0.612. The Morgan fingerprint density at radius 3 is 0.979 bits per heavy atom. The molecule has 0 fully saturated rings. The van der Waals surface area contributed by atoms with Crippen molar-refractivity contribution < 1.29 is 0 Å². The van der Waals surface area contributed by atoms with Gasteiger partial charge in [-0.15, -0.1) is 0 Å². The summed E-state index contributed by atoms with van der Waals surface area (Å²) < 4.78 is 9.50. The lowest BCUT2D eigenvalue weighted by molar-refractivity contribution is 1.16. The smallest absolute Gasteiger partial charge is 0.160 e. The summed E-state index contributed by atoms with van der Waals surface area (Å²) in [6, 6.07) is 122. The van der Waals surface area contributed by atoms with Gasteiger partial charge in [-0.25, -0.2) is 9.97 Å². The molecule has 0 aliphatic heterocycles. The highest BCUT2D eigenvalue weighted by atomic mass is 15.0. The van der Waals surface area contributed by atoms with Crippen LogP contribution < -0.4 is 0 Å². The Hall–Kier alpha value is -13.2. The molecule has 96 heavy (non-hydrogen) atoms. The van der Waals surface area contributed by atoms with Crippen molar-refractivity contribution in [1.29, 1.82) is 5.26 Å². The average Bonchev–Trinajstić information content (AvgIpc) is 1.61. The molecule has 0 aliphatic carbocycles. The number of rotatable bonds is 10. The number of hydrogen-bond donors (Lipinski definition) is 0. The Balaban J connectivity index is 0.699. The van der Waals surface area contributed by atoms with E-state index in [0.29, 0.717) is 11.4 Å². The van der Waals surface area contributed by atoms with Crippen LogP contribution in [0.25, 0.3) is 177 Å². The topological polar surface area (TPSA) is 69.3 Å². The molecule has 7 nitrogen and oxygen atoms in total. The first-order chi connectivity index (χ1) is 47.5. The first kappa shape index (κ1) is 54.6. The van der Waals surface area contributed by atoms with Crippen molar-refractivity contribution >= 4 is 87.2 Å². The Bertz CT molecular complexity index is 6380. The van der Waals surface area contributed by atoms with Crippen molar-refractivity contribution in [3.8, 4) is 96.1 Å². The second-order valence-electron chi connectivity index (χ2n) is 24.8. The van der Waals surface area contributed by atoms with E-state index in [1.54, 1.807) is 0 Å². The summed E-state index contributed by atoms with van der Waals surface area (Å²) in [5.41, 5.74) is 25.4. The van der Waals surface area contributed by atoms with Crippen molar-refractivity contribution in [2.45, 2.75) is 0 Å². The molecule has 0 unspecified atom stereocenters. The number of benzene rings is 14. The predicted molar refractivity (Wildman–Crippen MR) is 397 cm³/mol. The van der Waals surface area contributed by atoms with Crippen LogP contribution >= 0.6 is 0 Å². The third kappa shape index (κ3) is 8.89. The van der Waals surface area contributed by atoms with Gasteiger partial charge >= 0.3 is 0 Å². The van der Waals surface area contributed by atoms with Gasteiger partial charge in [0.05, 0.1) is 67.2 Å². The monoisotopic (exact) mass is 1220 g/mol. The summed E-state index contributed by atoms with van der Waals surface area (Å²) in [4.78, 5) is 10.8. The molecule has 0 saturated heterocycles. The fraction of sp³-hybridized carbons (Fsp3) is 0. The minimum absolute atomic E-state index is 0.612. The van der Waals surface area contributed by atoms with Crippen LogP contribution in [0.4, 0.5) is 0 Å². The lowest BCUT2D eigenvalue weighted by Gasteiger charge is -2.13. The molecule has 19 aromatic rings. The van der Waals surface area contributed by atoms with Gasteiger partial charge in [0.2, 0.25) is 0 Å². The molecule has 5 aromatic heterocycles. The molecule has 19 rings (SSSR count). The summed E-state index contributed by atoms with van der Waals surface area (Å²) >= 11 is 0. The van der Waals surface area contributed by atoms with E-state index in [0.717, 1.165) is 89.6 Å². The zero-order chi connectivity index (χ0) is 63.4. The maximum Gasteiger partial charge on any atom is 0.160 e. The second kappa shape index (κ2) is 22.0. The average molecular weight is 1220 g/mol. The van der Waals surface area contributed by atoms with Crippen LogP contribution in [0.5, 0.6) is 0 Å². The Kier molecular flexibility index (Phi) is 12.5. The molecule has 14 aromatic carbocycles. The Morgan fingerprint density at radius 2 is 0.531 bits per heavy atom. The lowest BCUT2D eigenvalue weighted by Crippen LogP contribution is -1.98. The van der Waals surface area contributed by atoms with Gasteiger partial charge in [0.1, 0.15) is 0 Å². The third-order valence-corrected chi connectivity index (χ3v) is 19.4. The normalized spacial score (nSPS) is 11.7. The largest absolute Gasteiger partial charge is 0.309 e. The number of aromatic nitrogens is 6. The minimum Gasteiger partial charge on any atom is -0.309 e. The molecule has 5 heterocycles. The molecule has 0 spiro atoms. The number of hydrogen-bond acceptors (Lipinski definition) is 3. The fourth-order valence-electron chi connectivity index (χ4n) is 14.9. The molecular weight excluding hydrogens is 1170 g/mol. The first-order valence-electron chi connectivity index (χ1n) is 32.5. The fourth-order valence-corrected chi connectivity index (χ4v) is 14.9. The third-order valence-electron chi connectivity index (χ3n) is 19.4. The summed E-state index contributed by atoms with van der Waals surface area (Å²) in [7, 11) is 0. The SMILES string of the molecule is N#Cc1cccc(-c2ccc(-c3nc(-c4ccc(-n5c6ccccc6c6cc(-c7ccc8c(c7)c7ccccc7n8-c7ccccc7)ccc65)cc4)cc(-c4cccc(-n5c6ccccc6c6cc(-c7ccc8c(c7)c7ccccc7n8-c7ccccc7)ccc65)c4)n3)cc2)c1. The standard InChI is InChI=1S/C89H55N7/c90-56-57-17-15-18-61(49-57)58-33-35-60(36-34-58)89-91-79(59-37-43-69(44-38-59)95-83-31-13-9-27-73(83)77-53-64(41-47-87(77)95)62-39-45-85-75(51-62)71-25-7-11-29-81(71)93(85)67-20-3-1-4-21-67)55-80(92-89)66-19-16-24-70(50-66)96-84-32-14-10-28-74(84)78-54-65(42-48-88(78)96)63-40-46-86-76(52-63)72-26-8-12-30-82(72)94(86)68-22-5-2-6-23-68/h1-55H. The summed E-state index contributed by atoms with van der Waals surface area (Å²) in [5, 5.41) is 19.4. The quantitative estimate of drug-likeness (QED) is 0.137. The van der Waals surface area contributed by atoms with Gasteiger partial charge in [-0.1, -0.05) is 194 Å². The van der Waals surface area contributed by atoms with E-state index >= 15 is 0 Å². The van der Waals surface area contributed by atoms with E-state index in [2.05, 4.69) is 334 Å². The molecule has 0 radical (unpaired) electrons. The molecule has 446 valence electrons. The van der Waals surface area contributed by atoms with Gasteiger partial charge in [0.15, 0.2) is 5.82 Å². The van der Waals surface area contributed by atoms with Crippen LogP contribution in [0, 0.1) is 11.3 Å².